The van der Waals surface area contributed by atoms with Crippen LogP contribution in [0.15, 0.2) is 24.3 Å². The topological polar surface area (TPSA) is 79.2 Å². The molecule has 0 saturated heterocycles. The highest BCUT2D eigenvalue weighted by atomic mass is 32.2. The predicted molar refractivity (Wildman–Crippen MR) is 64.8 cm³/mol. The number of sulfonamides is 1. The van der Waals surface area contributed by atoms with Crippen LogP contribution in [0.1, 0.15) is 12.5 Å². The summed E-state index contributed by atoms with van der Waals surface area (Å²) in [6.45, 7) is 1.64. The molecule has 1 rings (SSSR count). The minimum atomic E-state index is -3.67. The largest absolute Gasteiger partial charge is 0.380 e. The Morgan fingerprint density at radius 2 is 2.12 bits per heavy atom. The van der Waals surface area contributed by atoms with Crippen molar-refractivity contribution in [1.82, 2.24) is 0 Å². The molecule has 0 aliphatic rings. The second-order valence-electron chi connectivity index (χ2n) is 3.51. The van der Waals surface area contributed by atoms with Gasteiger partial charge in [0.15, 0.2) is 5.25 Å². The number of nitrogens with zero attached hydrogens (tertiary/aromatic N) is 1. The molecule has 0 saturated carbocycles. The summed E-state index contributed by atoms with van der Waals surface area (Å²) in [6, 6.07) is 8.60. The first-order chi connectivity index (χ1) is 8.01. The number of hydrogen-bond acceptors (Lipinski definition) is 4. The van der Waals surface area contributed by atoms with Gasteiger partial charge >= 0.3 is 0 Å². The summed E-state index contributed by atoms with van der Waals surface area (Å²) in [6.07, 6.45) is 0. The monoisotopic (exact) mass is 254 g/mol. The maximum atomic E-state index is 11.7. The smallest absolute Gasteiger partial charge is 0.248 e. The van der Waals surface area contributed by atoms with Gasteiger partial charge in [-0.3, -0.25) is 4.72 Å². The average molecular weight is 254 g/mol. The Hall–Kier alpha value is -1.58. The Labute approximate surface area is 101 Å². The van der Waals surface area contributed by atoms with E-state index in [9.17, 15) is 8.42 Å². The first-order valence-corrected chi connectivity index (χ1v) is 6.54. The Bertz CT molecular complexity index is 520. The Kier molecular flexibility index (Phi) is 4.49. The van der Waals surface area contributed by atoms with E-state index in [4.69, 9.17) is 10.00 Å². The Morgan fingerprint density at radius 3 is 2.71 bits per heavy atom. The minimum Gasteiger partial charge on any atom is -0.380 e. The van der Waals surface area contributed by atoms with Crippen molar-refractivity contribution in [3.63, 3.8) is 0 Å². The molecule has 1 aromatic carbocycles. The molecule has 0 heterocycles. The zero-order valence-electron chi connectivity index (χ0n) is 9.67. The van der Waals surface area contributed by atoms with Gasteiger partial charge in [0.1, 0.15) is 0 Å². The lowest BCUT2D eigenvalue weighted by Crippen LogP contribution is -2.24. The fraction of sp³-hybridized carbons (Fsp3) is 0.364. The van der Waals surface area contributed by atoms with Crippen LogP contribution in [0.25, 0.3) is 0 Å². The van der Waals surface area contributed by atoms with E-state index in [1.165, 1.54) is 14.0 Å². The number of nitrogens with one attached hydrogen (secondary N) is 1. The quantitative estimate of drug-likeness (QED) is 0.863. The van der Waals surface area contributed by atoms with Crippen LogP contribution in [0.3, 0.4) is 0 Å². The molecular weight excluding hydrogens is 240 g/mol. The molecule has 0 amide bonds. The van der Waals surface area contributed by atoms with Gasteiger partial charge in [-0.15, -0.1) is 0 Å². The highest BCUT2D eigenvalue weighted by molar-refractivity contribution is 7.93. The lowest BCUT2D eigenvalue weighted by Gasteiger charge is -2.12. The van der Waals surface area contributed by atoms with Crippen molar-refractivity contribution in [3.05, 3.63) is 29.8 Å². The molecule has 1 unspecified atom stereocenters. The molecule has 1 aromatic rings. The average Bonchev–Trinajstić information content (AvgIpc) is 2.30. The van der Waals surface area contributed by atoms with E-state index in [1.54, 1.807) is 30.3 Å². The number of benzene rings is 1. The van der Waals surface area contributed by atoms with Crippen LogP contribution < -0.4 is 4.72 Å². The van der Waals surface area contributed by atoms with Crippen molar-refractivity contribution >= 4 is 15.7 Å². The molecule has 0 bridgehead atoms. The van der Waals surface area contributed by atoms with Crippen molar-refractivity contribution in [3.8, 4) is 6.07 Å². The van der Waals surface area contributed by atoms with E-state index < -0.39 is 15.3 Å². The highest BCUT2D eigenvalue weighted by Gasteiger charge is 2.20. The number of methoxy groups -OCH3 is 1. The molecule has 0 aromatic heterocycles. The van der Waals surface area contributed by atoms with Crippen LogP contribution in [0.5, 0.6) is 0 Å². The summed E-state index contributed by atoms with van der Waals surface area (Å²) in [5.41, 5.74) is 1.17. The van der Waals surface area contributed by atoms with Gasteiger partial charge in [0.05, 0.1) is 18.4 Å². The molecule has 0 spiro atoms. The maximum absolute atomic E-state index is 11.7. The molecule has 5 nitrogen and oxygen atoms in total. The van der Waals surface area contributed by atoms with Gasteiger partial charge in [-0.05, 0) is 13.0 Å². The van der Waals surface area contributed by atoms with Gasteiger partial charge in [-0.25, -0.2) is 8.42 Å². The molecule has 1 N–H and O–H groups in total. The number of nitriles is 1. The Morgan fingerprint density at radius 1 is 1.47 bits per heavy atom. The number of rotatable bonds is 5. The summed E-state index contributed by atoms with van der Waals surface area (Å²) >= 11 is 0. The van der Waals surface area contributed by atoms with E-state index in [1.807, 2.05) is 0 Å². The van der Waals surface area contributed by atoms with Crippen LogP contribution in [-0.2, 0) is 21.4 Å². The van der Waals surface area contributed by atoms with Crippen LogP contribution in [0, 0.1) is 11.3 Å². The normalized spacial score (nSPS) is 12.8. The van der Waals surface area contributed by atoms with Gasteiger partial charge in [0.25, 0.3) is 0 Å². The maximum Gasteiger partial charge on any atom is 0.248 e. The van der Waals surface area contributed by atoms with Crippen molar-refractivity contribution in [1.29, 1.82) is 5.26 Å². The number of para-hydroxylation sites is 1. The third kappa shape index (κ3) is 3.44. The van der Waals surface area contributed by atoms with E-state index in [0.29, 0.717) is 12.3 Å². The van der Waals surface area contributed by atoms with Crippen LogP contribution in [-0.4, -0.2) is 20.8 Å². The second-order valence-corrected chi connectivity index (χ2v) is 5.51. The summed E-state index contributed by atoms with van der Waals surface area (Å²) in [5, 5.41) is 7.53. The summed E-state index contributed by atoms with van der Waals surface area (Å²) in [5.74, 6) is 0. The van der Waals surface area contributed by atoms with E-state index in [-0.39, 0.29) is 0 Å². The molecule has 0 fully saturated rings. The minimum absolute atomic E-state index is 0.305. The van der Waals surface area contributed by atoms with Gasteiger partial charge in [0, 0.05) is 12.7 Å². The standard InChI is InChI=1S/C11H14N2O3S/c1-9(7-12)17(14,15)13-11-6-4-3-5-10(11)8-16-2/h3-6,9,13H,8H2,1-2H3. The van der Waals surface area contributed by atoms with Crippen LogP contribution in [0.4, 0.5) is 5.69 Å². The summed E-state index contributed by atoms with van der Waals surface area (Å²) in [7, 11) is -2.14. The second kappa shape index (κ2) is 5.66. The van der Waals surface area contributed by atoms with Gasteiger partial charge in [0.2, 0.25) is 10.0 Å². The SMILES string of the molecule is COCc1ccccc1NS(=O)(=O)C(C)C#N. The first kappa shape index (κ1) is 13.5. The molecule has 17 heavy (non-hydrogen) atoms. The lowest BCUT2D eigenvalue weighted by atomic mass is 10.2. The third-order valence-corrected chi connectivity index (χ3v) is 3.76. The predicted octanol–water partition coefficient (Wildman–Crippen LogP) is 1.49. The molecular formula is C11H14N2O3S. The van der Waals surface area contributed by atoms with Gasteiger partial charge < -0.3 is 4.74 Å². The first-order valence-electron chi connectivity index (χ1n) is 4.99. The van der Waals surface area contributed by atoms with Crippen molar-refractivity contribution in [2.45, 2.75) is 18.8 Å². The summed E-state index contributed by atoms with van der Waals surface area (Å²) < 4.78 is 30.8. The molecule has 0 aliphatic carbocycles. The van der Waals surface area contributed by atoms with Crippen LogP contribution >= 0.6 is 0 Å². The number of ether oxygens (including phenoxy) is 1. The number of anilines is 1. The highest BCUT2D eigenvalue weighted by Crippen LogP contribution is 2.18. The fourth-order valence-corrected chi connectivity index (χ4v) is 2.03. The fourth-order valence-electron chi connectivity index (χ4n) is 1.21. The summed E-state index contributed by atoms with van der Waals surface area (Å²) in [4.78, 5) is 0. The van der Waals surface area contributed by atoms with Gasteiger partial charge in [-0.2, -0.15) is 5.26 Å². The molecule has 1 atom stereocenters. The van der Waals surface area contributed by atoms with E-state index in [2.05, 4.69) is 4.72 Å². The zero-order chi connectivity index (χ0) is 12.9. The van der Waals surface area contributed by atoms with Crippen molar-refractivity contribution in [2.24, 2.45) is 0 Å². The zero-order valence-corrected chi connectivity index (χ0v) is 10.5. The lowest BCUT2D eigenvalue weighted by molar-refractivity contribution is 0.185. The molecule has 6 heteroatoms. The molecule has 0 aliphatic heterocycles. The van der Waals surface area contributed by atoms with Gasteiger partial charge in [-0.1, -0.05) is 18.2 Å². The van der Waals surface area contributed by atoms with E-state index in [0.717, 1.165) is 5.56 Å². The van der Waals surface area contributed by atoms with E-state index >= 15 is 0 Å². The Balaban J connectivity index is 3.00. The van der Waals surface area contributed by atoms with Crippen molar-refractivity contribution in [2.75, 3.05) is 11.8 Å². The molecule has 92 valence electrons. The molecule has 0 radical (unpaired) electrons. The third-order valence-electron chi connectivity index (χ3n) is 2.22. The van der Waals surface area contributed by atoms with Crippen LogP contribution in [0.2, 0.25) is 0 Å². The van der Waals surface area contributed by atoms with Crippen molar-refractivity contribution < 1.29 is 13.2 Å². The number of hydrogen-bond donors (Lipinski definition) is 1.